The van der Waals surface area contributed by atoms with Crippen LogP contribution in [0.5, 0.6) is 0 Å². The van der Waals surface area contributed by atoms with Gasteiger partial charge in [0.15, 0.2) is 0 Å². The van der Waals surface area contributed by atoms with Crippen LogP contribution in [0.15, 0.2) is 0 Å². The monoisotopic (exact) mass is 228 g/mol. The van der Waals surface area contributed by atoms with E-state index in [1.54, 1.807) is 0 Å². The van der Waals surface area contributed by atoms with Crippen molar-refractivity contribution in [2.45, 2.75) is 43.1 Å². The second kappa shape index (κ2) is 2.77. The van der Waals surface area contributed by atoms with E-state index in [0.29, 0.717) is 30.0 Å². The van der Waals surface area contributed by atoms with Crippen molar-refractivity contribution < 1.29 is 13.2 Å². The fourth-order valence-electron chi connectivity index (χ4n) is 4.65. The first-order chi connectivity index (χ1) is 7.24. The van der Waals surface area contributed by atoms with Crippen LogP contribution in [0.1, 0.15) is 25.7 Å². The van der Waals surface area contributed by atoms with Gasteiger partial charge in [-0.3, -0.25) is 0 Å². The Hall–Kier alpha value is -0.0900. The van der Waals surface area contributed by atoms with Gasteiger partial charge in [-0.25, -0.2) is 8.42 Å². The van der Waals surface area contributed by atoms with E-state index in [2.05, 4.69) is 0 Å². The smallest absolute Gasteiger partial charge is 0.143 e. The summed E-state index contributed by atoms with van der Waals surface area (Å²) in [5.41, 5.74) is 0. The second-order valence-corrected chi connectivity index (χ2v) is 6.99. The summed E-state index contributed by atoms with van der Waals surface area (Å²) in [6.07, 6.45) is 5.54. The summed E-state index contributed by atoms with van der Waals surface area (Å²) in [5.74, 6) is 2.64. The van der Waals surface area contributed by atoms with Crippen molar-refractivity contribution in [1.29, 1.82) is 0 Å². The maximum absolute atomic E-state index is 11.2. The maximum Gasteiger partial charge on any atom is 0.143 e. The van der Waals surface area contributed by atoms with Gasteiger partial charge in [-0.15, -0.1) is 0 Å². The van der Waals surface area contributed by atoms with Gasteiger partial charge in [0.2, 0.25) is 0 Å². The lowest BCUT2D eigenvalue weighted by Gasteiger charge is -2.35. The molecule has 3 aliphatic carbocycles. The Labute approximate surface area is 91.1 Å². The van der Waals surface area contributed by atoms with Crippen LogP contribution in [0.3, 0.4) is 0 Å². The van der Waals surface area contributed by atoms with Crippen LogP contribution in [0, 0.1) is 23.7 Å². The van der Waals surface area contributed by atoms with Gasteiger partial charge >= 0.3 is 0 Å². The fourth-order valence-corrected chi connectivity index (χ4v) is 5.75. The summed E-state index contributed by atoms with van der Waals surface area (Å²) in [4.78, 5) is 0. The number of rotatable bonds is 1. The summed E-state index contributed by atoms with van der Waals surface area (Å²) in [5, 5.41) is 0.00144. The molecule has 1 saturated heterocycles. The van der Waals surface area contributed by atoms with Gasteiger partial charge in [-0.2, -0.15) is 0 Å². The van der Waals surface area contributed by atoms with Crippen molar-refractivity contribution in [1.82, 2.24) is 0 Å². The molecule has 0 spiro atoms. The third-order valence-corrected chi connectivity index (χ3v) is 6.42. The Balaban J connectivity index is 1.64. The molecule has 1 aliphatic heterocycles. The van der Waals surface area contributed by atoms with E-state index in [1.807, 2.05) is 0 Å². The minimum Gasteiger partial charge on any atom is -0.370 e. The average molecular weight is 228 g/mol. The molecule has 4 rings (SSSR count). The molecule has 3 nitrogen and oxygen atoms in total. The van der Waals surface area contributed by atoms with Gasteiger partial charge in [-0.05, 0) is 49.4 Å². The highest BCUT2D eigenvalue weighted by Crippen LogP contribution is 2.61. The number of thiol groups is 1. The van der Waals surface area contributed by atoms with Crippen LogP contribution in [0.2, 0.25) is 0 Å². The number of epoxide rings is 1. The Morgan fingerprint density at radius 2 is 1.60 bits per heavy atom. The van der Waals surface area contributed by atoms with Crippen LogP contribution in [-0.2, 0) is 15.4 Å². The SMILES string of the molecule is O=[SH](=O)C1CC2CC1C1C[C@@H]3OC3CC21. The zero-order valence-electron chi connectivity index (χ0n) is 8.54. The highest BCUT2D eigenvalue weighted by Gasteiger charge is 2.60. The highest BCUT2D eigenvalue weighted by atomic mass is 32.2. The molecule has 4 aliphatic rings. The van der Waals surface area contributed by atoms with E-state index in [4.69, 9.17) is 4.74 Å². The molecule has 2 bridgehead atoms. The normalized spacial score (nSPS) is 60.5. The molecule has 3 saturated carbocycles. The summed E-state index contributed by atoms with van der Waals surface area (Å²) in [7, 11) is -2.19. The summed E-state index contributed by atoms with van der Waals surface area (Å²) < 4.78 is 27.9. The molecule has 0 aromatic carbocycles. The molecular formula is C11H16O3S. The van der Waals surface area contributed by atoms with Crippen molar-refractivity contribution in [3.8, 4) is 0 Å². The lowest BCUT2D eigenvalue weighted by molar-refractivity contribution is 0.179. The molecule has 1 heterocycles. The van der Waals surface area contributed by atoms with Crippen LogP contribution < -0.4 is 0 Å². The van der Waals surface area contributed by atoms with Gasteiger partial charge in [0.05, 0.1) is 17.5 Å². The molecule has 84 valence electrons. The number of ether oxygens (including phenoxy) is 1. The maximum atomic E-state index is 11.2. The fraction of sp³-hybridized carbons (Fsp3) is 1.00. The zero-order chi connectivity index (χ0) is 10.2. The topological polar surface area (TPSA) is 46.7 Å². The molecular weight excluding hydrogens is 212 g/mol. The van der Waals surface area contributed by atoms with Crippen LogP contribution in [-0.4, -0.2) is 25.9 Å². The molecule has 0 amide bonds. The molecule has 0 aromatic heterocycles. The van der Waals surface area contributed by atoms with E-state index in [9.17, 15) is 8.42 Å². The molecule has 7 atom stereocenters. The van der Waals surface area contributed by atoms with Gasteiger partial charge in [0.1, 0.15) is 10.7 Å². The first-order valence-corrected chi connectivity index (χ1v) is 7.27. The Morgan fingerprint density at radius 3 is 2.33 bits per heavy atom. The molecule has 6 unspecified atom stereocenters. The molecule has 0 aromatic rings. The van der Waals surface area contributed by atoms with E-state index < -0.39 is 10.7 Å². The number of fused-ring (bicyclic) bond motifs is 6. The highest BCUT2D eigenvalue weighted by molar-refractivity contribution is 7.73. The Morgan fingerprint density at radius 1 is 0.867 bits per heavy atom. The quantitative estimate of drug-likeness (QED) is 0.533. The molecule has 0 radical (unpaired) electrons. The van der Waals surface area contributed by atoms with E-state index in [-0.39, 0.29) is 5.25 Å². The van der Waals surface area contributed by atoms with E-state index >= 15 is 0 Å². The minimum absolute atomic E-state index is 0.00144. The third kappa shape index (κ3) is 1.12. The van der Waals surface area contributed by atoms with Crippen LogP contribution in [0.25, 0.3) is 0 Å². The van der Waals surface area contributed by atoms with Crippen molar-refractivity contribution in [2.24, 2.45) is 23.7 Å². The predicted molar refractivity (Wildman–Crippen MR) is 55.2 cm³/mol. The van der Waals surface area contributed by atoms with Gasteiger partial charge < -0.3 is 4.74 Å². The van der Waals surface area contributed by atoms with Crippen molar-refractivity contribution in [3.05, 3.63) is 0 Å². The molecule has 0 N–H and O–H groups in total. The largest absolute Gasteiger partial charge is 0.370 e. The zero-order valence-corrected chi connectivity index (χ0v) is 9.44. The van der Waals surface area contributed by atoms with E-state index in [0.717, 1.165) is 18.8 Å². The Kier molecular flexibility index (Phi) is 1.66. The lowest BCUT2D eigenvalue weighted by atomic mass is 9.71. The van der Waals surface area contributed by atoms with Crippen molar-refractivity contribution in [3.63, 3.8) is 0 Å². The first kappa shape index (κ1) is 8.99. The molecule has 4 heteroatoms. The second-order valence-electron chi connectivity index (χ2n) is 5.76. The van der Waals surface area contributed by atoms with Crippen molar-refractivity contribution >= 4 is 10.7 Å². The minimum atomic E-state index is -2.19. The Bertz CT molecular complexity index is 370. The van der Waals surface area contributed by atoms with Gasteiger partial charge in [0, 0.05) is 0 Å². The standard InChI is InChI=1S/C11H16O3S/c12-15(13)11-2-5-1-8(11)7-4-10-9(14-10)3-6(5)7/h5-11,15H,1-4H2/t5?,6?,7?,8?,9?,10-,11?/m0/s1. The third-order valence-electron chi connectivity index (χ3n) is 5.29. The summed E-state index contributed by atoms with van der Waals surface area (Å²) in [6.45, 7) is 0. The van der Waals surface area contributed by atoms with Gasteiger partial charge in [-0.1, -0.05) is 0 Å². The van der Waals surface area contributed by atoms with Crippen molar-refractivity contribution in [2.75, 3.05) is 0 Å². The first-order valence-electron chi connectivity index (χ1n) is 6.03. The number of hydrogen-bond acceptors (Lipinski definition) is 3. The van der Waals surface area contributed by atoms with Crippen LogP contribution >= 0.6 is 0 Å². The molecule has 4 fully saturated rings. The summed E-state index contributed by atoms with van der Waals surface area (Å²) in [6, 6.07) is 0. The average Bonchev–Trinajstić information content (AvgIpc) is 2.69. The van der Waals surface area contributed by atoms with E-state index in [1.165, 1.54) is 12.8 Å². The number of hydrogen-bond donors (Lipinski definition) is 1. The lowest BCUT2D eigenvalue weighted by Crippen LogP contribution is -2.36. The van der Waals surface area contributed by atoms with Gasteiger partial charge in [0.25, 0.3) is 0 Å². The molecule has 15 heavy (non-hydrogen) atoms. The predicted octanol–water partition coefficient (Wildman–Crippen LogP) is 0.800. The van der Waals surface area contributed by atoms with Crippen LogP contribution in [0.4, 0.5) is 0 Å². The summed E-state index contributed by atoms with van der Waals surface area (Å²) >= 11 is 0.